The number of β-amino-alcohol motifs (C(OH)–C–C–N with tert-alkyl or cyclic N) is 1. The van der Waals surface area contributed by atoms with Crippen LogP contribution in [0, 0.1) is 0 Å². The van der Waals surface area contributed by atoms with Crippen molar-refractivity contribution in [2.75, 3.05) is 52.7 Å². The van der Waals surface area contributed by atoms with Gasteiger partial charge < -0.3 is 9.84 Å². The maximum Gasteiger partial charge on any atom is 0.120 e. The summed E-state index contributed by atoms with van der Waals surface area (Å²) in [6.07, 6.45) is 3.17. The van der Waals surface area contributed by atoms with E-state index in [9.17, 15) is 5.11 Å². The maximum absolute atomic E-state index is 9.24. The van der Waals surface area contributed by atoms with Gasteiger partial charge in [-0.15, -0.1) is 11.8 Å². The fraction of sp³-hybridized carbons (Fsp3) is 0.455. The number of piperazine rings is 1. The summed E-state index contributed by atoms with van der Waals surface area (Å²) in [5.41, 5.74) is 2.85. The second-order valence-electron chi connectivity index (χ2n) is 7.30. The Kier molecular flexibility index (Phi) is 6.53. The van der Waals surface area contributed by atoms with Gasteiger partial charge in [0.2, 0.25) is 0 Å². The second kappa shape index (κ2) is 9.09. The van der Waals surface area contributed by atoms with Crippen molar-refractivity contribution >= 4 is 23.5 Å². The van der Waals surface area contributed by atoms with Crippen LogP contribution in [-0.2, 0) is 6.42 Å². The smallest absolute Gasteiger partial charge is 0.120 e. The number of rotatable bonds is 5. The Labute approximate surface area is 176 Å². The highest BCUT2D eigenvalue weighted by atomic mass is 32.2. The van der Waals surface area contributed by atoms with Gasteiger partial charge in [-0.2, -0.15) is 0 Å². The quantitative estimate of drug-likeness (QED) is 0.748. The molecule has 6 heteroatoms. The molecule has 1 atom stereocenters. The van der Waals surface area contributed by atoms with Gasteiger partial charge in [-0.05, 0) is 54.1 Å². The van der Waals surface area contributed by atoms with E-state index in [0.717, 1.165) is 44.9 Å². The number of ether oxygens (including phenoxy) is 1. The van der Waals surface area contributed by atoms with Crippen LogP contribution in [0.2, 0.25) is 0 Å². The molecule has 0 radical (unpaired) electrons. The van der Waals surface area contributed by atoms with E-state index in [2.05, 4.69) is 52.5 Å². The summed E-state index contributed by atoms with van der Waals surface area (Å²) < 4.78 is 5.47. The van der Waals surface area contributed by atoms with E-state index in [-0.39, 0.29) is 6.61 Å². The zero-order chi connectivity index (χ0) is 19.5. The first kappa shape index (κ1) is 20.1. The van der Waals surface area contributed by atoms with Crippen LogP contribution in [0.15, 0.2) is 51.1 Å². The molecule has 0 amide bonds. The number of aliphatic hydroxyl groups is 1. The number of hydrogen-bond acceptors (Lipinski definition) is 6. The molecule has 1 saturated heterocycles. The Bertz CT molecular complexity index is 822. The van der Waals surface area contributed by atoms with Crippen LogP contribution in [0.1, 0.15) is 17.2 Å². The van der Waals surface area contributed by atoms with Gasteiger partial charge in [-0.1, -0.05) is 17.8 Å². The zero-order valence-corrected chi connectivity index (χ0v) is 18.2. The number of fused-ring (bicyclic) bond motifs is 2. The highest BCUT2D eigenvalue weighted by molar-refractivity contribution is 7.99. The van der Waals surface area contributed by atoms with E-state index in [1.807, 2.05) is 23.5 Å². The van der Waals surface area contributed by atoms with Crippen LogP contribution in [0.4, 0.5) is 0 Å². The van der Waals surface area contributed by atoms with Crippen LogP contribution in [0.5, 0.6) is 5.75 Å². The number of aliphatic hydroxyl groups excluding tert-OH is 1. The summed E-state index contributed by atoms with van der Waals surface area (Å²) >= 11 is 3.68. The van der Waals surface area contributed by atoms with Crippen molar-refractivity contribution < 1.29 is 9.84 Å². The van der Waals surface area contributed by atoms with Crippen molar-refractivity contribution in [3.05, 3.63) is 47.5 Å². The van der Waals surface area contributed by atoms with Gasteiger partial charge in [-0.3, -0.25) is 9.80 Å². The molecule has 2 aliphatic rings. The molecular weight excluding hydrogens is 388 g/mol. The average Bonchev–Trinajstić information content (AvgIpc) is 2.90. The van der Waals surface area contributed by atoms with Crippen LogP contribution in [-0.4, -0.2) is 67.6 Å². The molecule has 0 spiro atoms. The lowest BCUT2D eigenvalue weighted by atomic mass is 9.96. The largest absolute Gasteiger partial charge is 0.497 e. The van der Waals surface area contributed by atoms with Gasteiger partial charge >= 0.3 is 0 Å². The van der Waals surface area contributed by atoms with Gasteiger partial charge in [0.05, 0.1) is 13.7 Å². The van der Waals surface area contributed by atoms with Crippen molar-refractivity contribution in [1.82, 2.24) is 9.80 Å². The second-order valence-corrected chi connectivity index (χ2v) is 9.26. The topological polar surface area (TPSA) is 35.9 Å². The molecule has 1 N–H and O–H groups in total. The third kappa shape index (κ3) is 4.21. The summed E-state index contributed by atoms with van der Waals surface area (Å²) in [5.74, 6) is 0.921. The first-order chi connectivity index (χ1) is 13.7. The van der Waals surface area contributed by atoms with Crippen molar-refractivity contribution in [1.29, 1.82) is 0 Å². The van der Waals surface area contributed by atoms with E-state index in [4.69, 9.17) is 4.74 Å². The number of thioether (sulfide) groups is 1. The molecular formula is C22H28N2O2S2. The van der Waals surface area contributed by atoms with Crippen molar-refractivity contribution in [3.8, 4) is 5.75 Å². The van der Waals surface area contributed by atoms with Crippen LogP contribution < -0.4 is 4.74 Å². The molecule has 4 nitrogen and oxygen atoms in total. The molecule has 28 heavy (non-hydrogen) atoms. The molecule has 4 rings (SSSR count). The first-order valence-electron chi connectivity index (χ1n) is 9.82. The fourth-order valence-corrected chi connectivity index (χ4v) is 5.73. The Morgan fingerprint density at radius 3 is 2.64 bits per heavy atom. The summed E-state index contributed by atoms with van der Waals surface area (Å²) in [6, 6.07) is 13.8. The molecule has 1 unspecified atom stereocenters. The third-order valence-corrected chi connectivity index (χ3v) is 7.66. The summed E-state index contributed by atoms with van der Waals surface area (Å²) in [4.78, 5) is 8.98. The predicted molar refractivity (Wildman–Crippen MR) is 117 cm³/mol. The Balaban J connectivity index is 1.68. The monoisotopic (exact) mass is 416 g/mol. The summed E-state index contributed by atoms with van der Waals surface area (Å²) in [6.45, 7) is 5.17. The van der Waals surface area contributed by atoms with Crippen molar-refractivity contribution in [2.45, 2.75) is 27.1 Å². The minimum Gasteiger partial charge on any atom is -0.497 e. The number of hydrogen-bond donors (Lipinski definition) is 1. The molecule has 2 heterocycles. The molecule has 150 valence electrons. The summed E-state index contributed by atoms with van der Waals surface area (Å²) in [5, 5.41) is 9.24. The standard InChI is InChI=1S/C22H28N2O2S2/c1-26-17-4-3-16-13-20(24-9-7-23(8-10-24)11-12-25)19-15-18(27-2)5-6-21(19)28-22(16)14-17/h3-6,14-15,20,25H,7-13H2,1-2H3. The van der Waals surface area contributed by atoms with E-state index in [1.165, 1.54) is 25.8 Å². The first-order valence-corrected chi connectivity index (χ1v) is 11.9. The highest BCUT2D eigenvalue weighted by Gasteiger charge is 2.30. The minimum atomic E-state index is 0.245. The SMILES string of the molecule is COc1ccc2c(c1)Sc1ccc(SC)cc1C(N1CCN(CCO)CC1)C2. The highest BCUT2D eigenvalue weighted by Crippen LogP contribution is 2.45. The van der Waals surface area contributed by atoms with Crippen LogP contribution in [0.3, 0.4) is 0 Å². The van der Waals surface area contributed by atoms with E-state index in [1.54, 1.807) is 7.11 Å². The lowest BCUT2D eigenvalue weighted by Crippen LogP contribution is -2.48. The number of benzene rings is 2. The van der Waals surface area contributed by atoms with Gasteiger partial charge in [0.1, 0.15) is 5.75 Å². The summed E-state index contributed by atoms with van der Waals surface area (Å²) in [7, 11) is 1.73. The molecule has 0 saturated carbocycles. The average molecular weight is 417 g/mol. The van der Waals surface area contributed by atoms with Crippen molar-refractivity contribution in [2.24, 2.45) is 0 Å². The zero-order valence-electron chi connectivity index (χ0n) is 16.6. The number of nitrogens with zero attached hydrogens (tertiary/aromatic N) is 2. The van der Waals surface area contributed by atoms with Crippen LogP contribution in [0.25, 0.3) is 0 Å². The van der Waals surface area contributed by atoms with E-state index >= 15 is 0 Å². The molecule has 2 aromatic carbocycles. The third-order valence-electron chi connectivity index (χ3n) is 5.75. The molecule has 0 aliphatic carbocycles. The van der Waals surface area contributed by atoms with Gasteiger partial charge in [0, 0.05) is 53.5 Å². The van der Waals surface area contributed by atoms with Gasteiger partial charge in [0.25, 0.3) is 0 Å². The molecule has 2 aliphatic heterocycles. The number of methoxy groups -OCH3 is 1. The fourth-order valence-electron chi connectivity index (χ4n) is 4.13. The molecule has 0 bridgehead atoms. The van der Waals surface area contributed by atoms with E-state index in [0.29, 0.717) is 6.04 Å². The lowest BCUT2D eigenvalue weighted by Gasteiger charge is -2.39. The minimum absolute atomic E-state index is 0.245. The van der Waals surface area contributed by atoms with Crippen LogP contribution >= 0.6 is 23.5 Å². The van der Waals surface area contributed by atoms with Gasteiger partial charge in [0.15, 0.2) is 0 Å². The van der Waals surface area contributed by atoms with Gasteiger partial charge in [-0.25, -0.2) is 0 Å². The maximum atomic E-state index is 9.24. The van der Waals surface area contributed by atoms with Crippen molar-refractivity contribution in [3.63, 3.8) is 0 Å². The Hall–Kier alpha value is -1.18. The Morgan fingerprint density at radius 2 is 1.93 bits per heavy atom. The molecule has 1 fully saturated rings. The molecule has 0 aromatic heterocycles. The Morgan fingerprint density at radius 1 is 1.11 bits per heavy atom. The van der Waals surface area contributed by atoms with E-state index < -0.39 is 0 Å². The molecule has 2 aromatic rings. The normalized spacial score (nSPS) is 20.3. The lowest BCUT2D eigenvalue weighted by molar-refractivity contribution is 0.0823. The predicted octanol–water partition coefficient (Wildman–Crippen LogP) is 3.78.